The first-order valence-electron chi connectivity index (χ1n) is 8.66. The van der Waals surface area contributed by atoms with Crippen LogP contribution in [0.4, 0.5) is 0 Å². The number of thioether (sulfide) groups is 1. The Bertz CT molecular complexity index is 816. The van der Waals surface area contributed by atoms with E-state index in [1.807, 2.05) is 23.9 Å². The molecule has 1 heterocycles. The lowest BCUT2D eigenvalue weighted by Gasteiger charge is -2.25. The molecule has 130 valence electrons. The van der Waals surface area contributed by atoms with Gasteiger partial charge in [-0.05, 0) is 77.5 Å². The molecule has 1 aliphatic heterocycles. The van der Waals surface area contributed by atoms with Crippen LogP contribution in [-0.2, 0) is 5.41 Å². The van der Waals surface area contributed by atoms with Crippen LogP contribution in [0.15, 0.2) is 47.4 Å². The highest BCUT2D eigenvalue weighted by molar-refractivity contribution is 7.99. The van der Waals surface area contributed by atoms with Crippen LogP contribution >= 0.6 is 11.8 Å². The average Bonchev–Trinajstić information content (AvgIpc) is 2.73. The molecule has 0 bridgehead atoms. The fourth-order valence-electron chi connectivity index (χ4n) is 3.32. The molecule has 0 unspecified atom stereocenters. The van der Waals surface area contributed by atoms with Gasteiger partial charge in [0.2, 0.25) is 0 Å². The number of benzene rings is 2. The summed E-state index contributed by atoms with van der Waals surface area (Å²) < 4.78 is 0. The Hall–Kier alpha value is -2.00. The smallest absolute Gasteiger partial charge is 0.335 e. The van der Waals surface area contributed by atoms with Crippen LogP contribution in [0.3, 0.4) is 0 Å². The molecule has 0 fully saturated rings. The molecule has 0 saturated heterocycles. The van der Waals surface area contributed by atoms with Crippen molar-refractivity contribution in [1.29, 1.82) is 0 Å². The largest absolute Gasteiger partial charge is 0.478 e. The van der Waals surface area contributed by atoms with E-state index >= 15 is 0 Å². The highest BCUT2D eigenvalue weighted by Crippen LogP contribution is 2.41. The summed E-state index contributed by atoms with van der Waals surface area (Å²) in [7, 11) is 0. The number of carbonyl (C=O) groups is 1. The molecular formula is C22H24O2S. The van der Waals surface area contributed by atoms with Gasteiger partial charge in [0, 0.05) is 4.90 Å². The number of rotatable bonds is 3. The Morgan fingerprint density at radius 1 is 1.12 bits per heavy atom. The van der Waals surface area contributed by atoms with Crippen LogP contribution in [0.5, 0.6) is 0 Å². The number of fused-ring (bicyclic) bond motifs is 1. The topological polar surface area (TPSA) is 37.3 Å². The van der Waals surface area contributed by atoms with Gasteiger partial charge in [0.05, 0.1) is 5.56 Å². The molecule has 2 aromatic rings. The van der Waals surface area contributed by atoms with Crippen LogP contribution in [0.25, 0.3) is 11.6 Å². The lowest BCUT2D eigenvalue weighted by Crippen LogP contribution is -2.17. The summed E-state index contributed by atoms with van der Waals surface area (Å²) in [6.45, 7) is 6.79. The van der Waals surface area contributed by atoms with Crippen LogP contribution in [0, 0.1) is 0 Å². The van der Waals surface area contributed by atoms with E-state index in [0.717, 1.165) is 5.56 Å². The third-order valence-corrected chi connectivity index (χ3v) is 6.07. The number of hydrogen-bond acceptors (Lipinski definition) is 2. The van der Waals surface area contributed by atoms with Crippen molar-refractivity contribution in [1.82, 2.24) is 0 Å². The van der Waals surface area contributed by atoms with Crippen molar-refractivity contribution < 1.29 is 9.90 Å². The summed E-state index contributed by atoms with van der Waals surface area (Å²) in [6.07, 6.45) is 4.59. The standard InChI is InChI=1S/C22H24O2S/c1-15(13-16-5-7-17(8-6-16)21(23)24)18-9-10-20-19(14-18)22(2,3)11-4-12-25-20/h5-10,13-14H,4,11-12H2,1-3H3,(H,23,24)/b15-13+. The fourth-order valence-corrected chi connectivity index (χ4v) is 4.48. The van der Waals surface area contributed by atoms with E-state index in [1.54, 1.807) is 12.1 Å². The van der Waals surface area contributed by atoms with E-state index < -0.39 is 5.97 Å². The predicted octanol–water partition coefficient (Wildman–Crippen LogP) is 6.11. The van der Waals surface area contributed by atoms with Gasteiger partial charge in [-0.2, -0.15) is 0 Å². The van der Waals surface area contributed by atoms with E-state index in [0.29, 0.717) is 5.56 Å². The lowest BCUT2D eigenvalue weighted by atomic mass is 9.80. The van der Waals surface area contributed by atoms with Gasteiger partial charge in [0.15, 0.2) is 0 Å². The minimum absolute atomic E-state index is 0.207. The predicted molar refractivity (Wildman–Crippen MR) is 106 cm³/mol. The lowest BCUT2D eigenvalue weighted by molar-refractivity contribution is 0.0697. The molecule has 0 radical (unpaired) electrons. The van der Waals surface area contributed by atoms with Gasteiger partial charge in [0.25, 0.3) is 0 Å². The maximum Gasteiger partial charge on any atom is 0.335 e. The van der Waals surface area contributed by atoms with Crippen LogP contribution in [-0.4, -0.2) is 16.8 Å². The van der Waals surface area contributed by atoms with E-state index in [9.17, 15) is 4.79 Å². The second kappa shape index (κ2) is 7.09. The molecular weight excluding hydrogens is 328 g/mol. The summed E-state index contributed by atoms with van der Waals surface area (Å²) in [5, 5.41) is 9.00. The zero-order chi connectivity index (χ0) is 18.0. The number of carboxylic acids is 1. The molecule has 3 heteroatoms. The molecule has 0 atom stereocenters. The maximum atomic E-state index is 11.0. The van der Waals surface area contributed by atoms with Crippen LogP contribution in [0.2, 0.25) is 0 Å². The fraction of sp³-hybridized carbons (Fsp3) is 0.318. The number of hydrogen-bond donors (Lipinski definition) is 1. The summed E-state index contributed by atoms with van der Waals surface area (Å²) in [4.78, 5) is 12.4. The first kappa shape index (κ1) is 17.8. The van der Waals surface area contributed by atoms with Gasteiger partial charge in [-0.15, -0.1) is 11.8 Å². The molecule has 2 nitrogen and oxygen atoms in total. The Labute approximate surface area is 154 Å². The second-order valence-corrected chi connectivity index (χ2v) is 8.44. The van der Waals surface area contributed by atoms with E-state index in [2.05, 4.69) is 45.0 Å². The van der Waals surface area contributed by atoms with Crippen molar-refractivity contribution in [3.05, 3.63) is 64.7 Å². The molecule has 1 aliphatic rings. The maximum absolute atomic E-state index is 11.0. The third-order valence-electron chi connectivity index (χ3n) is 4.91. The molecule has 2 aromatic carbocycles. The monoisotopic (exact) mass is 352 g/mol. The Morgan fingerprint density at radius 2 is 1.80 bits per heavy atom. The van der Waals surface area contributed by atoms with Crippen molar-refractivity contribution in [2.75, 3.05) is 5.75 Å². The molecule has 0 aromatic heterocycles. The van der Waals surface area contributed by atoms with Gasteiger partial charge >= 0.3 is 5.97 Å². The van der Waals surface area contributed by atoms with Crippen molar-refractivity contribution in [2.45, 2.75) is 43.9 Å². The van der Waals surface area contributed by atoms with Gasteiger partial charge in [0.1, 0.15) is 0 Å². The van der Waals surface area contributed by atoms with Crippen molar-refractivity contribution in [2.24, 2.45) is 0 Å². The molecule has 0 saturated carbocycles. The summed E-state index contributed by atoms with van der Waals surface area (Å²) in [5.41, 5.74) is 5.41. The molecule has 0 amide bonds. The summed E-state index contributed by atoms with van der Waals surface area (Å²) in [5.74, 6) is 0.304. The normalized spacial score (nSPS) is 16.8. The minimum Gasteiger partial charge on any atom is -0.478 e. The second-order valence-electron chi connectivity index (χ2n) is 7.30. The zero-order valence-corrected chi connectivity index (χ0v) is 15.8. The van der Waals surface area contributed by atoms with Crippen LogP contribution in [0.1, 0.15) is 60.7 Å². The van der Waals surface area contributed by atoms with Gasteiger partial charge in [-0.25, -0.2) is 4.79 Å². The Morgan fingerprint density at radius 3 is 2.48 bits per heavy atom. The van der Waals surface area contributed by atoms with Crippen LogP contribution < -0.4 is 0 Å². The van der Waals surface area contributed by atoms with Gasteiger partial charge in [-0.1, -0.05) is 38.1 Å². The molecule has 3 rings (SSSR count). The van der Waals surface area contributed by atoms with Gasteiger partial charge in [-0.3, -0.25) is 0 Å². The zero-order valence-electron chi connectivity index (χ0n) is 15.0. The number of carboxylic acid groups (broad SMARTS) is 1. The van der Waals surface area contributed by atoms with Crippen molar-refractivity contribution >= 4 is 29.4 Å². The Kier molecular flexibility index (Phi) is 5.05. The van der Waals surface area contributed by atoms with E-state index in [-0.39, 0.29) is 5.41 Å². The SMILES string of the molecule is C/C(=C\c1ccc(C(=O)O)cc1)c1ccc2c(c1)C(C)(C)CCCS2. The molecule has 0 aliphatic carbocycles. The number of allylic oxidation sites excluding steroid dienone is 1. The Balaban J connectivity index is 1.93. The molecule has 0 spiro atoms. The third kappa shape index (κ3) is 3.98. The summed E-state index contributed by atoms with van der Waals surface area (Å²) in [6, 6.07) is 13.8. The first-order valence-corrected chi connectivity index (χ1v) is 9.65. The average molecular weight is 352 g/mol. The minimum atomic E-state index is -0.891. The quantitative estimate of drug-likeness (QED) is 0.677. The highest BCUT2D eigenvalue weighted by Gasteiger charge is 2.26. The van der Waals surface area contributed by atoms with Crippen molar-refractivity contribution in [3.63, 3.8) is 0 Å². The molecule has 1 N–H and O–H groups in total. The van der Waals surface area contributed by atoms with E-state index in [1.165, 1.54) is 40.2 Å². The summed E-state index contributed by atoms with van der Waals surface area (Å²) >= 11 is 1.97. The first-order chi connectivity index (χ1) is 11.9. The molecule has 25 heavy (non-hydrogen) atoms. The highest BCUT2D eigenvalue weighted by atomic mass is 32.2. The van der Waals surface area contributed by atoms with Gasteiger partial charge < -0.3 is 5.11 Å². The number of aromatic carboxylic acids is 1. The van der Waals surface area contributed by atoms with E-state index in [4.69, 9.17) is 5.11 Å². The van der Waals surface area contributed by atoms with Crippen molar-refractivity contribution in [3.8, 4) is 0 Å².